The second-order valence-electron chi connectivity index (χ2n) is 5.28. The van der Waals surface area contributed by atoms with E-state index < -0.39 is 5.41 Å². The fourth-order valence-electron chi connectivity index (χ4n) is 1.96. The summed E-state index contributed by atoms with van der Waals surface area (Å²) >= 11 is 4.96. The van der Waals surface area contributed by atoms with Crippen molar-refractivity contribution in [1.82, 2.24) is 5.32 Å². The molecule has 1 atom stereocenters. The quantitative estimate of drug-likeness (QED) is 0.822. The van der Waals surface area contributed by atoms with Crippen LogP contribution in [0.15, 0.2) is 12.1 Å². The minimum atomic E-state index is -0.848. The third-order valence-corrected chi connectivity index (χ3v) is 4.15. The molecule has 0 spiro atoms. The Morgan fingerprint density at radius 1 is 1.40 bits per heavy atom. The lowest BCUT2D eigenvalue weighted by atomic mass is 9.86. The maximum atomic E-state index is 13.5. The third-order valence-electron chi connectivity index (χ3n) is 3.70. The van der Waals surface area contributed by atoms with Crippen LogP contribution < -0.4 is 11.1 Å². The van der Waals surface area contributed by atoms with Gasteiger partial charge in [-0.2, -0.15) is 0 Å². The minimum absolute atomic E-state index is 0.184. The van der Waals surface area contributed by atoms with Gasteiger partial charge in [0.15, 0.2) is 0 Å². The fourth-order valence-corrected chi connectivity index (χ4v) is 2.20. The maximum Gasteiger partial charge on any atom is 0.233 e. The topological polar surface area (TPSA) is 55.1 Å². The summed E-state index contributed by atoms with van der Waals surface area (Å²) in [5, 5.41) is 2.82. The van der Waals surface area contributed by atoms with Crippen molar-refractivity contribution in [2.24, 2.45) is 11.1 Å². The third kappa shape index (κ3) is 3.33. The highest BCUT2D eigenvalue weighted by Gasteiger charge is 2.34. The average molecular weight is 296 g/mol. The lowest BCUT2D eigenvalue weighted by molar-refractivity contribution is -0.127. The molecular formula is C15H21FN2OS. The number of hydrogen-bond acceptors (Lipinski definition) is 2. The zero-order valence-corrected chi connectivity index (χ0v) is 13.2. The van der Waals surface area contributed by atoms with E-state index in [1.165, 1.54) is 0 Å². The molecule has 110 valence electrons. The lowest BCUT2D eigenvalue weighted by Gasteiger charge is -2.25. The summed E-state index contributed by atoms with van der Waals surface area (Å²) in [5.41, 5.74) is 6.79. The summed E-state index contributed by atoms with van der Waals surface area (Å²) in [6.45, 7) is 7.34. The molecule has 0 saturated carbocycles. The highest BCUT2D eigenvalue weighted by atomic mass is 32.1. The normalized spacial score (nSPS) is 13.7. The molecule has 0 aliphatic carbocycles. The van der Waals surface area contributed by atoms with Crippen LogP contribution in [-0.4, -0.2) is 10.9 Å². The van der Waals surface area contributed by atoms with Gasteiger partial charge in [0.2, 0.25) is 5.91 Å². The second kappa shape index (κ2) is 6.31. The van der Waals surface area contributed by atoms with Gasteiger partial charge in [0, 0.05) is 6.54 Å². The number of nitrogens with two attached hydrogens (primary N) is 1. The average Bonchev–Trinajstić information content (AvgIpc) is 2.40. The number of nitrogens with one attached hydrogen (secondary N) is 1. The SMILES string of the molecule is CCC(C)(C(=O)NCc1cc(C)c(F)c(C)c1)C(N)=S. The predicted molar refractivity (Wildman–Crippen MR) is 82.9 cm³/mol. The van der Waals surface area contributed by atoms with Crippen molar-refractivity contribution < 1.29 is 9.18 Å². The lowest BCUT2D eigenvalue weighted by Crippen LogP contribution is -2.46. The van der Waals surface area contributed by atoms with Crippen LogP contribution in [0.1, 0.15) is 37.0 Å². The molecule has 3 nitrogen and oxygen atoms in total. The van der Waals surface area contributed by atoms with Crippen LogP contribution in [-0.2, 0) is 11.3 Å². The Balaban J connectivity index is 2.82. The van der Waals surface area contributed by atoms with Crippen molar-refractivity contribution in [3.63, 3.8) is 0 Å². The van der Waals surface area contributed by atoms with E-state index in [0.717, 1.165) is 5.56 Å². The van der Waals surface area contributed by atoms with E-state index in [-0.39, 0.29) is 16.7 Å². The highest BCUT2D eigenvalue weighted by Crippen LogP contribution is 2.22. The molecule has 1 unspecified atom stereocenters. The van der Waals surface area contributed by atoms with Crippen molar-refractivity contribution >= 4 is 23.1 Å². The van der Waals surface area contributed by atoms with Gasteiger partial charge in [0.25, 0.3) is 0 Å². The highest BCUT2D eigenvalue weighted by molar-refractivity contribution is 7.80. The van der Waals surface area contributed by atoms with E-state index in [1.54, 1.807) is 32.9 Å². The van der Waals surface area contributed by atoms with E-state index in [2.05, 4.69) is 5.32 Å². The van der Waals surface area contributed by atoms with Crippen molar-refractivity contribution in [1.29, 1.82) is 0 Å². The first-order valence-corrected chi connectivity index (χ1v) is 6.97. The van der Waals surface area contributed by atoms with E-state index in [1.807, 2.05) is 6.92 Å². The molecule has 1 amide bonds. The van der Waals surface area contributed by atoms with Gasteiger partial charge in [0.05, 0.1) is 10.4 Å². The summed E-state index contributed by atoms with van der Waals surface area (Å²) in [5.74, 6) is -0.409. The van der Waals surface area contributed by atoms with Crippen LogP contribution in [0.5, 0.6) is 0 Å². The molecule has 20 heavy (non-hydrogen) atoms. The van der Waals surface area contributed by atoms with Gasteiger partial charge in [0.1, 0.15) is 5.82 Å². The van der Waals surface area contributed by atoms with Crippen LogP contribution in [0, 0.1) is 25.1 Å². The molecule has 0 fully saturated rings. The van der Waals surface area contributed by atoms with E-state index >= 15 is 0 Å². The number of carbonyl (C=O) groups is 1. The molecule has 1 aromatic rings. The summed E-state index contributed by atoms with van der Waals surface area (Å²) in [4.78, 5) is 12.4. The molecule has 0 aliphatic heterocycles. The van der Waals surface area contributed by atoms with Gasteiger partial charge in [-0.15, -0.1) is 0 Å². The number of hydrogen-bond donors (Lipinski definition) is 2. The van der Waals surface area contributed by atoms with E-state index in [4.69, 9.17) is 18.0 Å². The molecule has 5 heteroatoms. The minimum Gasteiger partial charge on any atom is -0.392 e. The van der Waals surface area contributed by atoms with Crippen LogP contribution >= 0.6 is 12.2 Å². The zero-order chi connectivity index (χ0) is 15.5. The Labute approximate surface area is 124 Å². The van der Waals surface area contributed by atoms with Gasteiger partial charge < -0.3 is 11.1 Å². The first-order valence-electron chi connectivity index (χ1n) is 6.56. The van der Waals surface area contributed by atoms with Gasteiger partial charge >= 0.3 is 0 Å². The Hall–Kier alpha value is -1.49. The van der Waals surface area contributed by atoms with Crippen LogP contribution in [0.25, 0.3) is 0 Å². The van der Waals surface area contributed by atoms with E-state index in [0.29, 0.717) is 24.1 Å². The maximum absolute atomic E-state index is 13.5. The molecule has 0 aromatic heterocycles. The van der Waals surface area contributed by atoms with Gasteiger partial charge in [-0.1, -0.05) is 31.3 Å². The molecule has 0 radical (unpaired) electrons. The fraction of sp³-hybridized carbons (Fsp3) is 0.467. The smallest absolute Gasteiger partial charge is 0.233 e. The van der Waals surface area contributed by atoms with Crippen LogP contribution in [0.3, 0.4) is 0 Å². The van der Waals surface area contributed by atoms with Crippen molar-refractivity contribution in [3.8, 4) is 0 Å². The summed E-state index contributed by atoms with van der Waals surface area (Å²) < 4.78 is 13.5. The molecule has 0 heterocycles. The monoisotopic (exact) mass is 296 g/mol. The van der Waals surface area contributed by atoms with Gasteiger partial charge in [-0.25, -0.2) is 4.39 Å². The zero-order valence-electron chi connectivity index (χ0n) is 12.3. The first-order chi connectivity index (χ1) is 9.22. The number of rotatable bonds is 5. The Morgan fingerprint density at radius 3 is 2.30 bits per heavy atom. The van der Waals surface area contributed by atoms with Crippen LogP contribution in [0.4, 0.5) is 4.39 Å². The second-order valence-corrected chi connectivity index (χ2v) is 5.72. The molecule has 0 saturated heterocycles. The Kier molecular flexibility index (Phi) is 5.22. The largest absolute Gasteiger partial charge is 0.392 e. The number of halogens is 1. The standard InChI is InChI=1S/C15H21FN2OS/c1-5-15(4,13(17)20)14(19)18-8-11-6-9(2)12(16)10(3)7-11/h6-7H,5,8H2,1-4H3,(H2,17,20)(H,18,19). The summed E-state index contributed by atoms with van der Waals surface area (Å²) in [6, 6.07) is 3.46. The molecule has 0 aliphatic rings. The van der Waals surface area contributed by atoms with Gasteiger partial charge in [-0.3, -0.25) is 4.79 Å². The summed E-state index contributed by atoms with van der Waals surface area (Å²) in [7, 11) is 0. The molecular weight excluding hydrogens is 275 g/mol. The number of aryl methyl sites for hydroxylation is 2. The molecule has 1 rings (SSSR count). The number of benzene rings is 1. The van der Waals surface area contributed by atoms with Gasteiger partial charge in [-0.05, 0) is 43.9 Å². The Bertz CT molecular complexity index is 522. The predicted octanol–water partition coefficient (Wildman–Crippen LogP) is 2.76. The number of amides is 1. The molecule has 0 bridgehead atoms. The van der Waals surface area contributed by atoms with Crippen LogP contribution in [0.2, 0.25) is 0 Å². The number of thiocarbonyl (C=S) groups is 1. The van der Waals surface area contributed by atoms with Crippen molar-refractivity contribution in [2.45, 2.75) is 40.7 Å². The Morgan fingerprint density at radius 2 is 1.90 bits per heavy atom. The molecule has 3 N–H and O–H groups in total. The summed E-state index contributed by atoms with van der Waals surface area (Å²) in [6.07, 6.45) is 0.537. The van der Waals surface area contributed by atoms with E-state index in [9.17, 15) is 9.18 Å². The van der Waals surface area contributed by atoms with Crippen molar-refractivity contribution in [2.75, 3.05) is 0 Å². The number of carbonyl (C=O) groups excluding carboxylic acids is 1. The molecule has 1 aromatic carbocycles. The first kappa shape index (κ1) is 16.6. The van der Waals surface area contributed by atoms with Crippen molar-refractivity contribution in [3.05, 3.63) is 34.6 Å².